The molecule has 7 fully saturated rings. The number of rotatable bonds is 8. The van der Waals surface area contributed by atoms with Crippen LogP contribution in [0, 0.1) is 45.3 Å². The normalized spacial score (nSPS) is 56.0. The highest BCUT2D eigenvalue weighted by atomic mass is 16.8. The summed E-state index contributed by atoms with van der Waals surface area (Å²) in [5.74, 6) is 0.725. The molecule has 324 valence electrons. The topological polar surface area (TPSA) is 228 Å². The number of fused-ring (bicyclic) bond motifs is 5. The molecule has 0 amide bonds. The summed E-state index contributed by atoms with van der Waals surface area (Å²) in [5, 5.41) is 96.5. The summed E-state index contributed by atoms with van der Waals surface area (Å²) in [7, 11) is 0. The summed E-state index contributed by atoms with van der Waals surface area (Å²) in [4.78, 5) is 0. The van der Waals surface area contributed by atoms with Gasteiger partial charge in [-0.15, -0.1) is 0 Å². The Bertz CT molecular complexity index is 1410. The van der Waals surface area contributed by atoms with Crippen molar-refractivity contribution in [1.82, 2.24) is 0 Å². The Labute approximate surface area is 331 Å². The highest BCUT2D eigenvalue weighted by molar-refractivity contribution is 5.20. The Morgan fingerprint density at radius 3 is 1.86 bits per heavy atom. The Hall–Kier alpha value is -0.560. The maximum atomic E-state index is 12.3. The smallest absolute Gasteiger partial charge is 0.187 e. The van der Waals surface area contributed by atoms with Crippen LogP contribution < -0.4 is 0 Å². The van der Waals surface area contributed by atoms with E-state index in [2.05, 4.69) is 41.5 Å². The summed E-state index contributed by atoms with van der Waals surface area (Å²) >= 11 is 0. The van der Waals surface area contributed by atoms with Crippen molar-refractivity contribution in [3.05, 3.63) is 0 Å². The SMILES string of the molecule is CC(C)(O)C1CCC(C)(C2CCC3(C)C2C(O)CC2C4(C)CCC(OC5OC(CO)C(O)C(O)C5OC5OC(CO)C(O)C(O)C5O)C(C)(C)C4CCC23C)O1. The van der Waals surface area contributed by atoms with E-state index in [0.29, 0.717) is 12.8 Å². The van der Waals surface area contributed by atoms with E-state index < -0.39 is 103 Å². The first-order chi connectivity index (χ1) is 26.0. The fourth-order valence-electron chi connectivity index (χ4n) is 14.1. The van der Waals surface area contributed by atoms with Gasteiger partial charge in [-0.25, -0.2) is 0 Å². The van der Waals surface area contributed by atoms with Crippen LogP contribution in [-0.4, -0.2) is 150 Å². The van der Waals surface area contributed by atoms with Gasteiger partial charge in [-0.1, -0.05) is 34.6 Å². The molecule has 21 unspecified atom stereocenters. The van der Waals surface area contributed by atoms with Crippen molar-refractivity contribution < 1.29 is 69.6 Å². The second-order valence-corrected chi connectivity index (χ2v) is 21.1. The van der Waals surface area contributed by atoms with Gasteiger partial charge in [0.05, 0.1) is 42.7 Å². The molecule has 0 aromatic rings. The van der Waals surface area contributed by atoms with Crippen molar-refractivity contribution >= 4 is 0 Å². The monoisotopic (exact) mass is 800 g/mol. The van der Waals surface area contributed by atoms with Crippen molar-refractivity contribution in [2.75, 3.05) is 13.2 Å². The lowest BCUT2D eigenvalue weighted by atomic mass is 9.35. The minimum Gasteiger partial charge on any atom is -0.394 e. The van der Waals surface area contributed by atoms with E-state index in [1.54, 1.807) is 0 Å². The highest BCUT2D eigenvalue weighted by Gasteiger charge is 2.72. The zero-order chi connectivity index (χ0) is 41.1. The number of aliphatic hydroxyl groups is 9. The van der Waals surface area contributed by atoms with Gasteiger partial charge in [0.25, 0.3) is 0 Å². The third-order valence-corrected chi connectivity index (χ3v) is 17.5. The highest BCUT2D eigenvalue weighted by Crippen LogP contribution is 2.76. The predicted molar refractivity (Wildman–Crippen MR) is 200 cm³/mol. The summed E-state index contributed by atoms with van der Waals surface area (Å²) < 4.78 is 31.1. The first-order valence-corrected chi connectivity index (χ1v) is 21.3. The molecule has 3 heterocycles. The van der Waals surface area contributed by atoms with Gasteiger partial charge in [-0.2, -0.15) is 0 Å². The van der Waals surface area contributed by atoms with Gasteiger partial charge in [0.1, 0.15) is 48.8 Å². The molecule has 9 N–H and O–H groups in total. The van der Waals surface area contributed by atoms with Crippen LogP contribution in [0.4, 0.5) is 0 Å². The van der Waals surface area contributed by atoms with Crippen molar-refractivity contribution in [2.24, 2.45) is 45.3 Å². The average molecular weight is 801 g/mol. The zero-order valence-corrected chi connectivity index (χ0v) is 34.7. The Morgan fingerprint density at radius 2 is 1.25 bits per heavy atom. The third kappa shape index (κ3) is 6.58. The van der Waals surface area contributed by atoms with E-state index >= 15 is 0 Å². The molecule has 14 nitrogen and oxygen atoms in total. The van der Waals surface area contributed by atoms with Crippen LogP contribution in [-0.2, 0) is 23.7 Å². The molecule has 4 aliphatic carbocycles. The van der Waals surface area contributed by atoms with Gasteiger partial charge in [0, 0.05) is 0 Å². The van der Waals surface area contributed by atoms with Crippen molar-refractivity contribution in [1.29, 1.82) is 0 Å². The molecule has 21 atom stereocenters. The van der Waals surface area contributed by atoms with Gasteiger partial charge in [-0.3, -0.25) is 0 Å². The van der Waals surface area contributed by atoms with Crippen molar-refractivity contribution in [3.63, 3.8) is 0 Å². The van der Waals surface area contributed by atoms with Crippen molar-refractivity contribution in [3.8, 4) is 0 Å². The molecule has 0 aromatic carbocycles. The number of hydrogen-bond acceptors (Lipinski definition) is 14. The minimum absolute atomic E-state index is 0.0311. The first kappa shape index (κ1) is 43.5. The summed E-state index contributed by atoms with van der Waals surface area (Å²) in [5.41, 5.74) is -2.03. The summed E-state index contributed by atoms with van der Waals surface area (Å²) in [6, 6.07) is 0. The Kier molecular flexibility index (Phi) is 11.5. The molecule has 3 saturated heterocycles. The second-order valence-electron chi connectivity index (χ2n) is 21.1. The molecule has 0 aromatic heterocycles. The summed E-state index contributed by atoms with van der Waals surface area (Å²) in [6.45, 7) is 16.3. The van der Waals surface area contributed by atoms with Crippen LogP contribution in [0.25, 0.3) is 0 Å². The molecule has 14 heteroatoms. The largest absolute Gasteiger partial charge is 0.394 e. The van der Waals surface area contributed by atoms with Gasteiger partial charge in [-0.05, 0) is 124 Å². The van der Waals surface area contributed by atoms with Crippen molar-refractivity contribution in [2.45, 2.75) is 204 Å². The first-order valence-electron chi connectivity index (χ1n) is 21.3. The predicted octanol–water partition coefficient (Wildman–Crippen LogP) is 1.36. The molecule has 0 spiro atoms. The van der Waals surface area contributed by atoms with Gasteiger partial charge >= 0.3 is 0 Å². The lowest BCUT2D eigenvalue weighted by molar-refractivity contribution is -0.378. The minimum atomic E-state index is -1.75. The summed E-state index contributed by atoms with van der Waals surface area (Å²) in [6.07, 6.45) is -8.45. The van der Waals surface area contributed by atoms with Crippen LogP contribution in [0.2, 0.25) is 0 Å². The van der Waals surface area contributed by atoms with E-state index in [1.165, 1.54) is 0 Å². The van der Waals surface area contributed by atoms with Crippen LogP contribution in [0.1, 0.15) is 113 Å². The van der Waals surface area contributed by atoms with Gasteiger partial charge in [0.2, 0.25) is 0 Å². The maximum Gasteiger partial charge on any atom is 0.187 e. The Balaban J connectivity index is 1.11. The molecular weight excluding hydrogens is 728 g/mol. The molecule has 0 bridgehead atoms. The third-order valence-electron chi connectivity index (χ3n) is 17.5. The molecule has 7 rings (SSSR count). The van der Waals surface area contributed by atoms with E-state index in [-0.39, 0.29) is 46.0 Å². The number of aliphatic hydroxyl groups excluding tert-OH is 8. The fourth-order valence-corrected chi connectivity index (χ4v) is 14.1. The Morgan fingerprint density at radius 1 is 0.643 bits per heavy atom. The van der Waals surface area contributed by atoms with E-state index in [0.717, 1.165) is 44.9 Å². The lowest BCUT2D eigenvalue weighted by Crippen LogP contribution is -2.68. The fraction of sp³-hybridized carbons (Fsp3) is 1.00. The second kappa shape index (κ2) is 14.8. The van der Waals surface area contributed by atoms with E-state index in [9.17, 15) is 46.0 Å². The van der Waals surface area contributed by atoms with Crippen LogP contribution in [0.15, 0.2) is 0 Å². The molecule has 7 aliphatic rings. The molecule has 0 radical (unpaired) electrons. The lowest BCUT2D eigenvalue weighted by Gasteiger charge is -2.70. The van der Waals surface area contributed by atoms with Crippen LogP contribution in [0.3, 0.4) is 0 Å². The quantitative estimate of drug-likeness (QED) is 0.158. The van der Waals surface area contributed by atoms with E-state index in [1.807, 2.05) is 13.8 Å². The number of ether oxygens (including phenoxy) is 5. The maximum absolute atomic E-state index is 12.3. The molecule has 56 heavy (non-hydrogen) atoms. The molecule has 3 aliphatic heterocycles. The standard InChI is InChI=1S/C42H72O14/c1-37(2)24-10-15-40(6)25(17-21(45)28-20(9-14-41(28,40)7)42(8)16-12-27(56-42)38(3,4)51)39(24,5)13-11-26(37)54-36-34(32(49)30(47)23(19-44)53-36)55-35-33(50)31(48)29(46)22(18-43)52-35/h20-36,43-51H,9-19H2,1-8H3. The van der Waals surface area contributed by atoms with E-state index in [4.69, 9.17) is 23.7 Å². The zero-order valence-electron chi connectivity index (χ0n) is 34.7. The van der Waals surface area contributed by atoms with Crippen LogP contribution >= 0.6 is 0 Å². The molecule has 4 saturated carbocycles. The van der Waals surface area contributed by atoms with Gasteiger partial charge < -0.3 is 69.6 Å². The number of hydrogen-bond donors (Lipinski definition) is 9. The molecular formula is C42H72O14. The van der Waals surface area contributed by atoms with Crippen LogP contribution in [0.5, 0.6) is 0 Å². The average Bonchev–Trinajstić information content (AvgIpc) is 3.73. The van der Waals surface area contributed by atoms with Gasteiger partial charge in [0.15, 0.2) is 12.6 Å².